The van der Waals surface area contributed by atoms with Crippen molar-refractivity contribution >= 4 is 15.9 Å². The van der Waals surface area contributed by atoms with Gasteiger partial charge in [0.2, 0.25) is 10.0 Å². The quantitative estimate of drug-likeness (QED) is 0.833. The van der Waals surface area contributed by atoms with Crippen LogP contribution in [0.25, 0.3) is 0 Å². The van der Waals surface area contributed by atoms with E-state index in [0.717, 1.165) is 19.1 Å². The molecule has 0 unspecified atom stereocenters. The third kappa shape index (κ3) is 4.73. The first-order chi connectivity index (χ1) is 11.2. The lowest BCUT2D eigenvalue weighted by atomic mass is 9.99. The molecular weight excluding hydrogens is 328 g/mol. The second-order valence-corrected chi connectivity index (χ2v) is 8.49. The van der Waals surface area contributed by atoms with Gasteiger partial charge in [-0.25, -0.2) is 23.1 Å². The summed E-state index contributed by atoms with van der Waals surface area (Å²) in [5.74, 6) is 0.734. The van der Waals surface area contributed by atoms with Crippen molar-refractivity contribution in [3.8, 4) is 0 Å². The highest BCUT2D eigenvalue weighted by Crippen LogP contribution is 2.24. The first kappa shape index (κ1) is 18.8. The second-order valence-electron chi connectivity index (χ2n) is 6.71. The minimum atomic E-state index is -3.30. The lowest BCUT2D eigenvalue weighted by Crippen LogP contribution is -2.40. The second kappa shape index (κ2) is 7.57. The van der Waals surface area contributed by atoms with Crippen LogP contribution >= 0.6 is 0 Å². The van der Waals surface area contributed by atoms with Gasteiger partial charge in [-0.15, -0.1) is 0 Å². The first-order valence-electron chi connectivity index (χ1n) is 8.30. The Labute approximate surface area is 143 Å². The normalized spacial score (nSPS) is 21.5. The van der Waals surface area contributed by atoms with Gasteiger partial charge in [-0.2, -0.15) is 0 Å². The number of carbonyl (C=O) groups is 1. The van der Waals surface area contributed by atoms with Crippen molar-refractivity contribution in [3.05, 3.63) is 23.8 Å². The SMILES string of the molecule is CCC[C@H]1CN(C(=O)c2ccnc(C(C)C)n2)C[C@@H]1NS(C)(=O)=O. The smallest absolute Gasteiger partial charge is 0.272 e. The molecule has 8 heteroatoms. The Balaban J connectivity index is 2.16. The van der Waals surface area contributed by atoms with Crippen molar-refractivity contribution in [2.45, 2.75) is 45.6 Å². The molecule has 134 valence electrons. The summed E-state index contributed by atoms with van der Waals surface area (Å²) in [6.45, 7) is 6.92. The summed E-state index contributed by atoms with van der Waals surface area (Å²) in [7, 11) is -3.30. The Morgan fingerprint density at radius 2 is 2.12 bits per heavy atom. The predicted octanol–water partition coefficient (Wildman–Crippen LogP) is 1.39. The molecule has 1 fully saturated rings. The fourth-order valence-corrected chi connectivity index (χ4v) is 3.86. The number of nitrogens with one attached hydrogen (secondary N) is 1. The van der Waals surface area contributed by atoms with Gasteiger partial charge in [-0.1, -0.05) is 27.2 Å². The van der Waals surface area contributed by atoms with Gasteiger partial charge in [0.25, 0.3) is 5.91 Å². The summed E-state index contributed by atoms with van der Waals surface area (Å²) < 4.78 is 25.8. The van der Waals surface area contributed by atoms with Gasteiger partial charge < -0.3 is 4.90 Å². The van der Waals surface area contributed by atoms with Gasteiger partial charge in [0.1, 0.15) is 11.5 Å². The van der Waals surface area contributed by atoms with Crippen molar-refractivity contribution in [2.75, 3.05) is 19.3 Å². The van der Waals surface area contributed by atoms with Crippen LogP contribution in [0.4, 0.5) is 0 Å². The number of hydrogen-bond donors (Lipinski definition) is 1. The van der Waals surface area contributed by atoms with E-state index in [4.69, 9.17) is 0 Å². The standard InChI is InChI=1S/C16H26N4O3S/c1-5-6-12-9-20(10-14(12)19-24(4,22)23)16(21)13-7-8-17-15(18-13)11(2)3/h7-8,11-12,14,19H,5-6,9-10H2,1-4H3/t12-,14-/m0/s1. The molecule has 2 atom stereocenters. The Kier molecular flexibility index (Phi) is 5.92. The van der Waals surface area contributed by atoms with Crippen molar-refractivity contribution in [1.29, 1.82) is 0 Å². The van der Waals surface area contributed by atoms with E-state index in [-0.39, 0.29) is 23.8 Å². The van der Waals surface area contributed by atoms with Crippen LogP contribution in [0.2, 0.25) is 0 Å². The van der Waals surface area contributed by atoms with Crippen molar-refractivity contribution in [1.82, 2.24) is 19.6 Å². The Hall–Kier alpha value is -1.54. The predicted molar refractivity (Wildman–Crippen MR) is 92.2 cm³/mol. The van der Waals surface area contributed by atoms with E-state index in [9.17, 15) is 13.2 Å². The number of sulfonamides is 1. The van der Waals surface area contributed by atoms with E-state index in [1.54, 1.807) is 17.2 Å². The fourth-order valence-electron chi connectivity index (χ4n) is 3.04. The molecule has 0 aromatic carbocycles. The van der Waals surface area contributed by atoms with Crippen LogP contribution in [0.5, 0.6) is 0 Å². The van der Waals surface area contributed by atoms with Crippen LogP contribution in [0.15, 0.2) is 12.3 Å². The maximum atomic E-state index is 12.7. The van der Waals surface area contributed by atoms with Crippen LogP contribution < -0.4 is 4.72 Å². The van der Waals surface area contributed by atoms with Crippen molar-refractivity contribution in [2.24, 2.45) is 5.92 Å². The average Bonchev–Trinajstić information content (AvgIpc) is 2.88. The molecule has 1 aromatic rings. The molecule has 1 N–H and O–H groups in total. The molecule has 0 spiro atoms. The van der Waals surface area contributed by atoms with E-state index in [2.05, 4.69) is 21.6 Å². The number of hydrogen-bond acceptors (Lipinski definition) is 5. The number of likely N-dealkylation sites (tertiary alicyclic amines) is 1. The monoisotopic (exact) mass is 354 g/mol. The summed E-state index contributed by atoms with van der Waals surface area (Å²) >= 11 is 0. The number of aromatic nitrogens is 2. The van der Waals surface area contributed by atoms with E-state index >= 15 is 0 Å². The van der Waals surface area contributed by atoms with Crippen LogP contribution in [0.3, 0.4) is 0 Å². The molecule has 0 aliphatic carbocycles. The minimum absolute atomic E-state index is 0.125. The first-order valence-corrected chi connectivity index (χ1v) is 10.2. The molecule has 1 saturated heterocycles. The summed E-state index contributed by atoms with van der Waals surface area (Å²) in [5.41, 5.74) is 0.365. The highest BCUT2D eigenvalue weighted by atomic mass is 32.2. The topological polar surface area (TPSA) is 92.3 Å². The summed E-state index contributed by atoms with van der Waals surface area (Å²) in [6, 6.07) is 1.37. The van der Waals surface area contributed by atoms with Crippen LogP contribution in [-0.4, -0.2) is 54.6 Å². The summed E-state index contributed by atoms with van der Waals surface area (Å²) in [5, 5.41) is 0. The van der Waals surface area contributed by atoms with Gasteiger partial charge in [0, 0.05) is 31.2 Å². The molecular formula is C16H26N4O3S. The van der Waals surface area contributed by atoms with E-state index in [1.807, 2.05) is 13.8 Å². The molecule has 0 radical (unpaired) electrons. The zero-order valence-corrected chi connectivity index (χ0v) is 15.5. The molecule has 1 amide bonds. The van der Waals surface area contributed by atoms with Crippen molar-refractivity contribution < 1.29 is 13.2 Å². The highest BCUT2D eigenvalue weighted by Gasteiger charge is 2.36. The van der Waals surface area contributed by atoms with Crippen molar-refractivity contribution in [3.63, 3.8) is 0 Å². The Morgan fingerprint density at radius 1 is 1.42 bits per heavy atom. The number of rotatable bonds is 6. The molecule has 7 nitrogen and oxygen atoms in total. The van der Waals surface area contributed by atoms with Crippen LogP contribution in [-0.2, 0) is 10.0 Å². The van der Waals surface area contributed by atoms with E-state index in [1.165, 1.54) is 0 Å². The third-order valence-corrected chi connectivity index (χ3v) is 4.89. The Bertz CT molecular complexity index is 690. The van der Waals surface area contributed by atoms with Gasteiger partial charge in [0.05, 0.1) is 6.26 Å². The lowest BCUT2D eigenvalue weighted by molar-refractivity contribution is 0.0778. The summed E-state index contributed by atoms with van der Waals surface area (Å²) in [4.78, 5) is 23.0. The van der Waals surface area contributed by atoms with Gasteiger partial charge in [-0.05, 0) is 18.4 Å². The maximum absolute atomic E-state index is 12.7. The maximum Gasteiger partial charge on any atom is 0.272 e. The molecule has 1 aromatic heterocycles. The average molecular weight is 354 g/mol. The zero-order chi connectivity index (χ0) is 17.9. The molecule has 0 saturated carbocycles. The van der Waals surface area contributed by atoms with Gasteiger partial charge in [-0.3, -0.25) is 4.79 Å². The number of amides is 1. The molecule has 1 aliphatic heterocycles. The van der Waals surface area contributed by atoms with Crippen LogP contribution in [0, 0.1) is 5.92 Å². The van der Waals surface area contributed by atoms with Crippen LogP contribution in [0.1, 0.15) is 55.8 Å². The molecule has 2 heterocycles. The highest BCUT2D eigenvalue weighted by molar-refractivity contribution is 7.88. The number of carbonyl (C=O) groups excluding carboxylic acids is 1. The van der Waals surface area contributed by atoms with E-state index < -0.39 is 10.0 Å². The lowest BCUT2D eigenvalue weighted by Gasteiger charge is -2.17. The molecule has 1 aliphatic rings. The third-order valence-electron chi connectivity index (χ3n) is 4.16. The van der Waals surface area contributed by atoms with Gasteiger partial charge in [0.15, 0.2) is 0 Å². The Morgan fingerprint density at radius 3 is 2.71 bits per heavy atom. The summed E-state index contributed by atoms with van der Waals surface area (Å²) in [6.07, 6.45) is 4.57. The molecule has 24 heavy (non-hydrogen) atoms. The molecule has 0 bridgehead atoms. The minimum Gasteiger partial charge on any atom is -0.335 e. The zero-order valence-electron chi connectivity index (χ0n) is 14.7. The fraction of sp³-hybridized carbons (Fsp3) is 0.688. The van der Waals surface area contributed by atoms with Gasteiger partial charge >= 0.3 is 0 Å². The molecule has 2 rings (SSSR count). The number of nitrogens with zero attached hydrogens (tertiary/aromatic N) is 3. The largest absolute Gasteiger partial charge is 0.335 e. The van der Waals surface area contributed by atoms with E-state index in [0.29, 0.717) is 24.6 Å².